The first-order valence-corrected chi connectivity index (χ1v) is 14.7. The molecule has 0 bridgehead atoms. The summed E-state index contributed by atoms with van der Waals surface area (Å²) in [7, 11) is 0. The second kappa shape index (κ2) is 12.7. The lowest BCUT2D eigenvalue weighted by atomic mass is 10.1. The zero-order valence-corrected chi connectivity index (χ0v) is 25.6. The van der Waals surface area contributed by atoms with E-state index >= 15 is 0 Å². The molecule has 1 fully saturated rings. The highest BCUT2D eigenvalue weighted by Crippen LogP contribution is 2.27. The Morgan fingerprint density at radius 2 is 2.05 bits per heavy atom. The van der Waals surface area contributed by atoms with Gasteiger partial charge in [-0.25, -0.2) is 15.0 Å². The minimum atomic E-state index is -0.552. The third kappa shape index (κ3) is 7.35. The molecular formula is C30H33Cl2N7O4. The summed E-state index contributed by atoms with van der Waals surface area (Å²) >= 11 is 12.7. The molecule has 2 unspecified atom stereocenters. The van der Waals surface area contributed by atoms with Gasteiger partial charge in [0.25, 0.3) is 11.8 Å². The molecule has 4 aromatic rings. The van der Waals surface area contributed by atoms with E-state index in [0.717, 1.165) is 24.1 Å². The number of hydroxylamine groups is 2. The molecule has 43 heavy (non-hydrogen) atoms. The van der Waals surface area contributed by atoms with Crippen molar-refractivity contribution in [3.05, 3.63) is 81.6 Å². The number of benzene rings is 2. The molecule has 3 heterocycles. The van der Waals surface area contributed by atoms with E-state index < -0.39 is 11.6 Å². The van der Waals surface area contributed by atoms with Gasteiger partial charge in [-0.2, -0.15) is 0 Å². The maximum absolute atomic E-state index is 13.5. The Hall–Kier alpha value is -3.93. The number of hydrogen-bond donors (Lipinski definition) is 3. The molecular weight excluding hydrogens is 593 g/mol. The highest BCUT2D eigenvalue weighted by Gasteiger charge is 2.33. The number of amides is 3. The molecule has 11 nitrogen and oxygen atoms in total. The van der Waals surface area contributed by atoms with Crippen molar-refractivity contribution < 1.29 is 19.2 Å². The molecule has 2 aromatic heterocycles. The molecule has 0 radical (unpaired) electrons. The number of halogens is 2. The van der Waals surface area contributed by atoms with Crippen LogP contribution in [0.5, 0.6) is 0 Å². The fourth-order valence-corrected chi connectivity index (χ4v) is 5.60. The van der Waals surface area contributed by atoms with Crippen LogP contribution in [0.2, 0.25) is 10.0 Å². The topological polar surface area (TPSA) is 136 Å². The van der Waals surface area contributed by atoms with Gasteiger partial charge in [-0.3, -0.25) is 19.2 Å². The standard InChI is InChI=1S/C30H33Cl2N7O4/c1-30(2,3)43-38(17-40)15-21-5-4-10-39(21)29(42)22-8-6-18(11-23(22)32)28(41)37-26(13-20-14-33-16-34-20)27-35-24-9-7-19(31)12-25(24)36-27/h6-9,11-12,14,16-17,21,26H,4-5,10,13,15H2,1-3H3,(H,33,34)(H,35,36)(H,37,41). The number of nitrogens with zero attached hydrogens (tertiary/aromatic N) is 4. The number of hydrogen-bond acceptors (Lipinski definition) is 6. The van der Waals surface area contributed by atoms with Gasteiger partial charge in [-0.05, 0) is 70.0 Å². The van der Waals surface area contributed by atoms with E-state index in [4.69, 9.17) is 28.0 Å². The lowest BCUT2D eigenvalue weighted by Crippen LogP contribution is -2.45. The van der Waals surface area contributed by atoms with Crippen molar-refractivity contribution in [2.75, 3.05) is 13.1 Å². The molecule has 1 aliphatic heterocycles. The molecule has 3 amide bonds. The first-order chi connectivity index (χ1) is 20.5. The highest BCUT2D eigenvalue weighted by atomic mass is 35.5. The summed E-state index contributed by atoms with van der Waals surface area (Å²) in [6.45, 7) is 6.33. The number of rotatable bonds is 10. The number of aromatic nitrogens is 4. The van der Waals surface area contributed by atoms with Crippen LogP contribution in [0.1, 0.15) is 71.9 Å². The largest absolute Gasteiger partial charge is 0.351 e. The molecule has 0 spiro atoms. The van der Waals surface area contributed by atoms with Gasteiger partial charge in [0, 0.05) is 29.7 Å². The monoisotopic (exact) mass is 625 g/mol. The predicted molar refractivity (Wildman–Crippen MR) is 163 cm³/mol. The van der Waals surface area contributed by atoms with Crippen LogP contribution in [0, 0.1) is 0 Å². The number of nitrogens with one attached hydrogen (secondary N) is 3. The number of imidazole rings is 2. The Balaban J connectivity index is 1.32. The maximum Gasteiger partial charge on any atom is 0.255 e. The Bertz CT molecular complexity index is 1620. The Kier molecular flexibility index (Phi) is 9.05. The molecule has 1 aliphatic rings. The maximum atomic E-state index is 13.5. The quantitative estimate of drug-likeness (QED) is 0.166. The van der Waals surface area contributed by atoms with Crippen molar-refractivity contribution >= 4 is 52.5 Å². The number of carbonyl (C=O) groups excluding carboxylic acids is 3. The van der Waals surface area contributed by atoms with Crippen molar-refractivity contribution in [3.63, 3.8) is 0 Å². The molecule has 0 saturated carbocycles. The van der Waals surface area contributed by atoms with Crippen molar-refractivity contribution in [1.82, 2.24) is 35.2 Å². The number of H-pyrrole nitrogens is 2. The average molecular weight is 627 g/mol. The SMILES string of the molecule is CC(C)(C)ON(C=O)CC1CCCN1C(=O)c1ccc(C(=O)NC(Cc2c[nH]cn2)c2nc3cc(Cl)ccc3[nH]2)cc1Cl. The summed E-state index contributed by atoms with van der Waals surface area (Å²) < 4.78 is 0. The van der Waals surface area contributed by atoms with Crippen LogP contribution in [0.3, 0.4) is 0 Å². The molecule has 226 valence electrons. The summed E-state index contributed by atoms with van der Waals surface area (Å²) in [5, 5.41) is 4.97. The van der Waals surface area contributed by atoms with Crippen molar-refractivity contribution in [3.8, 4) is 0 Å². The van der Waals surface area contributed by atoms with Crippen LogP contribution < -0.4 is 5.32 Å². The summed E-state index contributed by atoms with van der Waals surface area (Å²) in [5.74, 6) is -0.107. The summed E-state index contributed by atoms with van der Waals surface area (Å²) in [5.41, 5.74) is 2.22. The third-order valence-corrected chi connectivity index (χ3v) is 7.61. The third-order valence-electron chi connectivity index (χ3n) is 7.07. The minimum Gasteiger partial charge on any atom is -0.351 e. The van der Waals surface area contributed by atoms with Gasteiger partial charge in [0.2, 0.25) is 6.41 Å². The summed E-state index contributed by atoms with van der Waals surface area (Å²) in [6.07, 6.45) is 5.86. The lowest BCUT2D eigenvalue weighted by Gasteiger charge is -2.32. The zero-order valence-electron chi connectivity index (χ0n) is 24.1. The fourth-order valence-electron chi connectivity index (χ4n) is 5.17. The molecule has 1 saturated heterocycles. The lowest BCUT2D eigenvalue weighted by molar-refractivity contribution is -0.219. The summed E-state index contributed by atoms with van der Waals surface area (Å²) in [4.78, 5) is 61.1. The normalized spacial score (nSPS) is 15.9. The van der Waals surface area contributed by atoms with Gasteiger partial charge in [0.15, 0.2) is 0 Å². The second-order valence-electron chi connectivity index (χ2n) is 11.5. The first-order valence-electron chi connectivity index (χ1n) is 14.0. The van der Waals surface area contributed by atoms with Crippen LogP contribution in [-0.2, 0) is 16.1 Å². The molecule has 2 aromatic carbocycles. The van der Waals surface area contributed by atoms with Crippen LogP contribution in [0.25, 0.3) is 11.0 Å². The van der Waals surface area contributed by atoms with E-state index in [1.165, 1.54) is 11.1 Å². The number of fused-ring (bicyclic) bond motifs is 1. The average Bonchev–Trinajstić information content (AvgIpc) is 3.72. The second-order valence-corrected chi connectivity index (χ2v) is 12.3. The summed E-state index contributed by atoms with van der Waals surface area (Å²) in [6, 6.07) is 9.20. The molecule has 3 N–H and O–H groups in total. The van der Waals surface area contributed by atoms with E-state index in [9.17, 15) is 14.4 Å². The van der Waals surface area contributed by atoms with E-state index in [2.05, 4.69) is 25.3 Å². The van der Waals surface area contributed by atoms with Gasteiger partial charge in [-0.15, -0.1) is 0 Å². The number of likely N-dealkylation sites (tertiary alicyclic amines) is 1. The molecule has 0 aliphatic carbocycles. The van der Waals surface area contributed by atoms with Gasteiger partial charge in [0.1, 0.15) is 5.82 Å². The van der Waals surface area contributed by atoms with Crippen LogP contribution in [0.4, 0.5) is 0 Å². The zero-order chi connectivity index (χ0) is 30.7. The van der Waals surface area contributed by atoms with Gasteiger partial charge in [0.05, 0.1) is 57.9 Å². The van der Waals surface area contributed by atoms with E-state index in [1.807, 2.05) is 26.8 Å². The van der Waals surface area contributed by atoms with Gasteiger partial charge < -0.3 is 20.2 Å². The molecule has 2 atom stereocenters. The number of aromatic amines is 2. The smallest absolute Gasteiger partial charge is 0.255 e. The van der Waals surface area contributed by atoms with Crippen molar-refractivity contribution in [1.29, 1.82) is 0 Å². The molecule has 5 rings (SSSR count). The first kappa shape index (κ1) is 30.5. The highest BCUT2D eigenvalue weighted by molar-refractivity contribution is 6.34. The van der Waals surface area contributed by atoms with E-state index in [-0.39, 0.29) is 40.6 Å². The predicted octanol–water partition coefficient (Wildman–Crippen LogP) is 5.10. The fraction of sp³-hybridized carbons (Fsp3) is 0.367. The van der Waals surface area contributed by atoms with E-state index in [1.54, 1.807) is 41.7 Å². The van der Waals surface area contributed by atoms with Gasteiger partial charge >= 0.3 is 0 Å². The number of carbonyl (C=O) groups is 3. The van der Waals surface area contributed by atoms with Crippen molar-refractivity contribution in [2.45, 2.75) is 57.7 Å². The Labute approximate surface area is 258 Å². The van der Waals surface area contributed by atoms with Crippen LogP contribution in [-0.4, -0.2) is 72.9 Å². The van der Waals surface area contributed by atoms with Crippen LogP contribution in [0.15, 0.2) is 48.9 Å². The van der Waals surface area contributed by atoms with Crippen molar-refractivity contribution in [2.24, 2.45) is 0 Å². The van der Waals surface area contributed by atoms with Crippen LogP contribution >= 0.6 is 23.2 Å². The Morgan fingerprint density at radius 1 is 1.23 bits per heavy atom. The Morgan fingerprint density at radius 3 is 2.74 bits per heavy atom. The van der Waals surface area contributed by atoms with Gasteiger partial charge in [-0.1, -0.05) is 23.2 Å². The van der Waals surface area contributed by atoms with E-state index in [0.29, 0.717) is 35.7 Å². The minimum absolute atomic E-state index is 0.156. The molecule has 13 heteroatoms.